The predicted octanol–water partition coefficient (Wildman–Crippen LogP) is 1.58. The first-order valence-corrected chi connectivity index (χ1v) is 8.45. The number of amides is 1. The number of benzene rings is 1. The number of nitrogens with one attached hydrogen (secondary N) is 1. The van der Waals surface area contributed by atoms with Crippen LogP contribution in [0.1, 0.15) is 0 Å². The highest BCUT2D eigenvalue weighted by molar-refractivity contribution is 5.91. The molecule has 2 aromatic heterocycles. The summed E-state index contributed by atoms with van der Waals surface area (Å²) in [5.41, 5.74) is 0.674. The van der Waals surface area contributed by atoms with Crippen molar-refractivity contribution < 1.29 is 14.3 Å². The molecule has 0 atom stereocenters. The Morgan fingerprint density at radius 3 is 2.81 bits per heavy atom. The van der Waals surface area contributed by atoms with Crippen molar-refractivity contribution in [2.45, 2.75) is 0 Å². The standard InChI is InChI=1S/C18H19N5O3/c24-17(13-26-14-4-2-1-3-5-14)21-15-12-18(22-8-10-25-11-9-22)23-16(20-15)6-7-19-23/h1-7,12H,8-11,13H2,(H,20,21,24). The van der Waals surface area contributed by atoms with Crippen LogP contribution >= 0.6 is 0 Å². The zero-order chi connectivity index (χ0) is 17.8. The van der Waals surface area contributed by atoms with Gasteiger partial charge in [-0.25, -0.2) is 4.98 Å². The smallest absolute Gasteiger partial charge is 0.263 e. The number of para-hydroxylation sites is 1. The lowest BCUT2D eigenvalue weighted by atomic mass is 10.3. The summed E-state index contributed by atoms with van der Waals surface area (Å²) in [5.74, 6) is 1.73. The first-order valence-electron chi connectivity index (χ1n) is 8.45. The minimum atomic E-state index is -0.266. The number of hydrogen-bond donors (Lipinski definition) is 1. The zero-order valence-electron chi connectivity index (χ0n) is 14.2. The summed E-state index contributed by atoms with van der Waals surface area (Å²) >= 11 is 0. The highest BCUT2D eigenvalue weighted by Crippen LogP contribution is 2.21. The Bertz CT molecular complexity index is 890. The van der Waals surface area contributed by atoms with E-state index < -0.39 is 0 Å². The van der Waals surface area contributed by atoms with E-state index in [-0.39, 0.29) is 12.5 Å². The molecule has 26 heavy (non-hydrogen) atoms. The van der Waals surface area contributed by atoms with Crippen LogP contribution in [0.15, 0.2) is 48.7 Å². The van der Waals surface area contributed by atoms with Crippen LogP contribution in [0.3, 0.4) is 0 Å². The topological polar surface area (TPSA) is 81.0 Å². The maximum atomic E-state index is 12.2. The van der Waals surface area contributed by atoms with Crippen molar-refractivity contribution in [3.05, 3.63) is 48.7 Å². The van der Waals surface area contributed by atoms with Gasteiger partial charge in [0.15, 0.2) is 12.3 Å². The minimum absolute atomic E-state index is 0.0803. The Kier molecular flexibility index (Phi) is 4.65. The Hall–Kier alpha value is -3.13. The van der Waals surface area contributed by atoms with Crippen molar-refractivity contribution in [3.63, 3.8) is 0 Å². The number of carbonyl (C=O) groups is 1. The van der Waals surface area contributed by atoms with Gasteiger partial charge in [-0.2, -0.15) is 9.61 Å². The highest BCUT2D eigenvalue weighted by atomic mass is 16.5. The molecule has 3 aromatic rings. The van der Waals surface area contributed by atoms with Gasteiger partial charge in [0, 0.05) is 25.2 Å². The van der Waals surface area contributed by atoms with E-state index in [0.717, 1.165) is 18.9 Å². The lowest BCUT2D eigenvalue weighted by molar-refractivity contribution is -0.118. The molecular weight excluding hydrogens is 334 g/mol. The van der Waals surface area contributed by atoms with Crippen LogP contribution in [0, 0.1) is 0 Å². The summed E-state index contributed by atoms with van der Waals surface area (Å²) < 4.78 is 12.7. The summed E-state index contributed by atoms with van der Waals surface area (Å²) in [5, 5.41) is 7.12. The van der Waals surface area contributed by atoms with E-state index in [1.165, 1.54) is 0 Å². The number of ether oxygens (including phenoxy) is 2. The lowest BCUT2D eigenvalue weighted by Gasteiger charge is -2.29. The Morgan fingerprint density at radius 1 is 1.19 bits per heavy atom. The van der Waals surface area contributed by atoms with Gasteiger partial charge in [0.2, 0.25) is 0 Å². The fourth-order valence-electron chi connectivity index (χ4n) is 2.82. The van der Waals surface area contributed by atoms with Gasteiger partial charge < -0.3 is 19.7 Å². The average Bonchev–Trinajstić information content (AvgIpc) is 3.16. The third kappa shape index (κ3) is 3.60. The van der Waals surface area contributed by atoms with E-state index in [1.807, 2.05) is 24.3 Å². The first-order chi connectivity index (χ1) is 12.8. The van der Waals surface area contributed by atoms with E-state index in [9.17, 15) is 4.79 Å². The monoisotopic (exact) mass is 353 g/mol. The number of morpholine rings is 1. The zero-order valence-corrected chi connectivity index (χ0v) is 14.2. The van der Waals surface area contributed by atoms with Crippen LogP contribution in [0.5, 0.6) is 5.75 Å². The minimum Gasteiger partial charge on any atom is -0.484 e. The van der Waals surface area contributed by atoms with E-state index in [2.05, 4.69) is 20.3 Å². The second-order valence-corrected chi connectivity index (χ2v) is 5.85. The van der Waals surface area contributed by atoms with E-state index >= 15 is 0 Å². The summed E-state index contributed by atoms with van der Waals surface area (Å²) in [6.07, 6.45) is 1.69. The molecule has 1 aliphatic rings. The van der Waals surface area contributed by atoms with Gasteiger partial charge >= 0.3 is 0 Å². The molecule has 0 radical (unpaired) electrons. The van der Waals surface area contributed by atoms with Crippen LogP contribution in [0.2, 0.25) is 0 Å². The first kappa shape index (κ1) is 16.3. The van der Waals surface area contributed by atoms with Gasteiger partial charge in [-0.3, -0.25) is 4.79 Å². The molecule has 1 N–H and O–H groups in total. The molecule has 0 unspecified atom stereocenters. The Labute approximate surface area is 150 Å². The van der Waals surface area contributed by atoms with Gasteiger partial charge in [0.25, 0.3) is 5.91 Å². The molecule has 0 aliphatic carbocycles. The molecule has 1 amide bonds. The average molecular weight is 353 g/mol. The fourth-order valence-corrected chi connectivity index (χ4v) is 2.82. The van der Waals surface area contributed by atoms with Gasteiger partial charge in [-0.15, -0.1) is 0 Å². The summed E-state index contributed by atoms with van der Waals surface area (Å²) in [7, 11) is 0. The maximum Gasteiger partial charge on any atom is 0.263 e. The summed E-state index contributed by atoms with van der Waals surface area (Å²) in [4.78, 5) is 18.8. The molecule has 8 nitrogen and oxygen atoms in total. The number of rotatable bonds is 5. The Morgan fingerprint density at radius 2 is 2.00 bits per heavy atom. The maximum absolute atomic E-state index is 12.2. The Balaban J connectivity index is 1.50. The van der Waals surface area contributed by atoms with Gasteiger partial charge in [-0.1, -0.05) is 18.2 Å². The number of hydrogen-bond acceptors (Lipinski definition) is 6. The molecule has 0 spiro atoms. The van der Waals surface area contributed by atoms with Gasteiger partial charge in [0.1, 0.15) is 17.4 Å². The third-order valence-corrected chi connectivity index (χ3v) is 4.06. The number of fused-ring (bicyclic) bond motifs is 1. The molecule has 1 fully saturated rings. The molecule has 0 saturated carbocycles. The molecule has 0 bridgehead atoms. The molecule has 1 aliphatic heterocycles. The molecule has 3 heterocycles. The van der Waals surface area contributed by atoms with Crippen molar-refractivity contribution in [1.29, 1.82) is 0 Å². The van der Waals surface area contributed by atoms with Crippen molar-refractivity contribution in [3.8, 4) is 5.75 Å². The molecule has 134 valence electrons. The van der Waals surface area contributed by atoms with Crippen molar-refractivity contribution >= 4 is 23.2 Å². The van der Waals surface area contributed by atoms with Crippen LogP contribution in [0.25, 0.3) is 5.65 Å². The predicted molar refractivity (Wildman–Crippen MR) is 96.6 cm³/mol. The molecular formula is C18H19N5O3. The quantitative estimate of drug-likeness (QED) is 0.750. The van der Waals surface area contributed by atoms with Crippen LogP contribution < -0.4 is 15.0 Å². The SMILES string of the molecule is O=C(COc1ccccc1)Nc1cc(N2CCOCC2)n2nccc2n1. The number of carbonyl (C=O) groups excluding carboxylic acids is 1. The van der Waals surface area contributed by atoms with Crippen LogP contribution in [-0.2, 0) is 9.53 Å². The van der Waals surface area contributed by atoms with Crippen molar-refractivity contribution in [2.75, 3.05) is 43.1 Å². The summed E-state index contributed by atoms with van der Waals surface area (Å²) in [6.45, 7) is 2.78. The molecule has 1 aromatic carbocycles. The van der Waals surface area contributed by atoms with Crippen LogP contribution in [-0.4, -0.2) is 53.4 Å². The second kappa shape index (κ2) is 7.40. The summed E-state index contributed by atoms with van der Waals surface area (Å²) in [6, 6.07) is 12.9. The van der Waals surface area contributed by atoms with E-state index in [0.29, 0.717) is 30.4 Å². The number of anilines is 2. The second-order valence-electron chi connectivity index (χ2n) is 5.85. The van der Waals surface area contributed by atoms with Gasteiger partial charge in [0.05, 0.1) is 19.4 Å². The van der Waals surface area contributed by atoms with Crippen molar-refractivity contribution in [2.24, 2.45) is 0 Å². The number of aromatic nitrogens is 3. The largest absolute Gasteiger partial charge is 0.484 e. The molecule has 1 saturated heterocycles. The third-order valence-electron chi connectivity index (χ3n) is 4.06. The van der Waals surface area contributed by atoms with E-state index in [4.69, 9.17) is 9.47 Å². The van der Waals surface area contributed by atoms with Crippen molar-refractivity contribution in [1.82, 2.24) is 14.6 Å². The van der Waals surface area contributed by atoms with Gasteiger partial charge in [-0.05, 0) is 12.1 Å². The van der Waals surface area contributed by atoms with Crippen LogP contribution in [0.4, 0.5) is 11.6 Å². The molecule has 8 heteroatoms. The highest BCUT2D eigenvalue weighted by Gasteiger charge is 2.17. The number of nitrogens with zero attached hydrogens (tertiary/aromatic N) is 4. The normalized spacial score (nSPS) is 14.4. The molecule has 4 rings (SSSR count). The fraction of sp³-hybridized carbons (Fsp3) is 0.278. The lowest BCUT2D eigenvalue weighted by Crippen LogP contribution is -2.37. The van der Waals surface area contributed by atoms with E-state index in [1.54, 1.807) is 28.9 Å².